The summed E-state index contributed by atoms with van der Waals surface area (Å²) in [6, 6.07) is 0. The minimum Gasteiger partial charge on any atom is -0.342 e. The van der Waals surface area contributed by atoms with Crippen LogP contribution in [-0.2, 0) is 11.2 Å². The van der Waals surface area contributed by atoms with Crippen molar-refractivity contribution in [3.63, 3.8) is 0 Å². The Hall–Kier alpha value is -2.31. The topological polar surface area (TPSA) is 85.0 Å². The molecule has 1 atom stereocenters. The van der Waals surface area contributed by atoms with E-state index in [0.29, 0.717) is 31.1 Å². The molecule has 1 unspecified atom stereocenters. The van der Waals surface area contributed by atoms with Crippen LogP contribution in [0, 0.1) is 6.92 Å². The molecule has 25 heavy (non-hydrogen) atoms. The largest absolute Gasteiger partial charge is 0.342 e. The fourth-order valence-corrected chi connectivity index (χ4v) is 3.10. The van der Waals surface area contributed by atoms with Gasteiger partial charge in [-0.1, -0.05) is 19.0 Å². The molecule has 1 saturated heterocycles. The van der Waals surface area contributed by atoms with Gasteiger partial charge in [-0.25, -0.2) is 0 Å². The number of aryl methyl sites for hydroxylation is 2. The van der Waals surface area contributed by atoms with Crippen molar-refractivity contribution in [2.24, 2.45) is 0 Å². The van der Waals surface area contributed by atoms with Crippen LogP contribution in [0.4, 0.5) is 0 Å². The van der Waals surface area contributed by atoms with Crippen LogP contribution in [0.5, 0.6) is 0 Å². The maximum absolute atomic E-state index is 12.6. The molecule has 7 heteroatoms. The molecule has 1 fully saturated rings. The molecule has 0 saturated carbocycles. The van der Waals surface area contributed by atoms with Crippen molar-refractivity contribution in [3.8, 4) is 0 Å². The molecule has 0 spiro atoms. The number of aromatic nitrogens is 4. The smallest absolute Gasteiger partial charge is 0.227 e. The van der Waals surface area contributed by atoms with Gasteiger partial charge in [-0.3, -0.25) is 14.8 Å². The normalized spacial score (nSPS) is 17.9. The van der Waals surface area contributed by atoms with Crippen LogP contribution in [0.2, 0.25) is 0 Å². The summed E-state index contributed by atoms with van der Waals surface area (Å²) in [5.41, 5.74) is 1.90. The van der Waals surface area contributed by atoms with E-state index in [9.17, 15) is 4.79 Å². The lowest BCUT2D eigenvalue weighted by Gasteiger charge is -2.32. The maximum Gasteiger partial charge on any atom is 0.227 e. The molecule has 0 aliphatic carbocycles. The van der Waals surface area contributed by atoms with Crippen molar-refractivity contribution >= 4 is 5.91 Å². The molecule has 134 valence electrons. The van der Waals surface area contributed by atoms with Crippen LogP contribution in [0.1, 0.15) is 68.0 Å². The van der Waals surface area contributed by atoms with E-state index in [0.717, 1.165) is 30.8 Å². The van der Waals surface area contributed by atoms with Gasteiger partial charge in [-0.05, 0) is 19.8 Å². The SMILES string of the molecule is Cc1cncc(C2CCCN(C(=O)CCc3nc(C(C)C)no3)C2)n1. The number of hydrogen-bond donors (Lipinski definition) is 0. The zero-order valence-electron chi connectivity index (χ0n) is 15.1. The molecule has 0 N–H and O–H groups in total. The summed E-state index contributed by atoms with van der Waals surface area (Å²) < 4.78 is 5.22. The Balaban J connectivity index is 1.56. The molecule has 0 bridgehead atoms. The third-order valence-corrected chi connectivity index (χ3v) is 4.52. The van der Waals surface area contributed by atoms with E-state index in [-0.39, 0.29) is 17.7 Å². The van der Waals surface area contributed by atoms with Crippen molar-refractivity contribution in [1.29, 1.82) is 0 Å². The molecule has 1 aliphatic heterocycles. The minimum absolute atomic E-state index is 0.134. The molecule has 0 radical (unpaired) electrons. The number of carbonyl (C=O) groups excluding carboxylic acids is 1. The Kier molecular flexibility index (Phi) is 5.40. The molecular weight excluding hydrogens is 318 g/mol. The van der Waals surface area contributed by atoms with Gasteiger partial charge >= 0.3 is 0 Å². The van der Waals surface area contributed by atoms with Gasteiger partial charge in [0, 0.05) is 50.2 Å². The summed E-state index contributed by atoms with van der Waals surface area (Å²) in [5, 5.41) is 3.94. The number of carbonyl (C=O) groups is 1. The average molecular weight is 343 g/mol. The van der Waals surface area contributed by atoms with E-state index in [1.807, 2.05) is 31.9 Å². The summed E-state index contributed by atoms with van der Waals surface area (Å²) in [6.07, 6.45) is 6.49. The van der Waals surface area contributed by atoms with Crippen molar-refractivity contribution in [2.45, 2.75) is 58.3 Å². The van der Waals surface area contributed by atoms with E-state index in [4.69, 9.17) is 4.52 Å². The summed E-state index contributed by atoms with van der Waals surface area (Å²) in [5.74, 6) is 1.86. The van der Waals surface area contributed by atoms with Gasteiger partial charge in [0.25, 0.3) is 0 Å². The number of nitrogens with zero attached hydrogens (tertiary/aromatic N) is 5. The first-order valence-electron chi connectivity index (χ1n) is 8.91. The lowest BCUT2D eigenvalue weighted by Crippen LogP contribution is -2.39. The molecular formula is C18H25N5O2. The van der Waals surface area contributed by atoms with E-state index >= 15 is 0 Å². The third-order valence-electron chi connectivity index (χ3n) is 4.52. The number of hydrogen-bond acceptors (Lipinski definition) is 6. The van der Waals surface area contributed by atoms with Crippen molar-refractivity contribution < 1.29 is 9.32 Å². The molecule has 3 rings (SSSR count). The highest BCUT2D eigenvalue weighted by Crippen LogP contribution is 2.25. The van der Waals surface area contributed by atoms with Gasteiger partial charge in [0.1, 0.15) is 0 Å². The van der Waals surface area contributed by atoms with Crippen LogP contribution in [0.15, 0.2) is 16.9 Å². The second-order valence-corrected chi connectivity index (χ2v) is 6.97. The Morgan fingerprint density at radius 1 is 1.36 bits per heavy atom. The van der Waals surface area contributed by atoms with Gasteiger partial charge in [0.15, 0.2) is 5.82 Å². The van der Waals surface area contributed by atoms with Crippen LogP contribution in [0.3, 0.4) is 0 Å². The zero-order chi connectivity index (χ0) is 17.8. The van der Waals surface area contributed by atoms with Gasteiger partial charge in [-0.2, -0.15) is 4.98 Å². The molecule has 1 amide bonds. The summed E-state index contributed by atoms with van der Waals surface area (Å²) >= 11 is 0. The lowest BCUT2D eigenvalue weighted by molar-refractivity contribution is -0.132. The Morgan fingerprint density at radius 2 is 2.20 bits per heavy atom. The van der Waals surface area contributed by atoms with E-state index in [1.165, 1.54) is 0 Å². The van der Waals surface area contributed by atoms with Crippen molar-refractivity contribution in [3.05, 3.63) is 35.5 Å². The third kappa shape index (κ3) is 4.41. The summed E-state index contributed by atoms with van der Waals surface area (Å²) in [4.78, 5) is 27.6. The molecule has 2 aromatic rings. The minimum atomic E-state index is 0.134. The van der Waals surface area contributed by atoms with Crippen LogP contribution in [0.25, 0.3) is 0 Å². The number of likely N-dealkylation sites (tertiary alicyclic amines) is 1. The van der Waals surface area contributed by atoms with Crippen LogP contribution < -0.4 is 0 Å². The predicted octanol–water partition coefficient (Wildman–Crippen LogP) is 2.63. The molecule has 7 nitrogen and oxygen atoms in total. The second-order valence-electron chi connectivity index (χ2n) is 6.97. The first kappa shape index (κ1) is 17.5. The highest BCUT2D eigenvalue weighted by molar-refractivity contribution is 5.76. The van der Waals surface area contributed by atoms with Crippen LogP contribution in [-0.4, -0.2) is 44.0 Å². The van der Waals surface area contributed by atoms with Crippen molar-refractivity contribution in [1.82, 2.24) is 25.0 Å². The highest BCUT2D eigenvalue weighted by Gasteiger charge is 2.26. The van der Waals surface area contributed by atoms with Gasteiger partial charge in [0.05, 0.1) is 11.4 Å². The fraction of sp³-hybridized carbons (Fsp3) is 0.611. The zero-order valence-corrected chi connectivity index (χ0v) is 15.1. The highest BCUT2D eigenvalue weighted by atomic mass is 16.5. The first-order chi connectivity index (χ1) is 12.0. The standard InChI is InChI=1S/C18H25N5O2/c1-12(2)18-21-16(25-22-18)6-7-17(24)23-8-4-5-14(11-23)15-10-19-9-13(3)20-15/h9-10,12,14H,4-8,11H2,1-3H3. The molecule has 3 heterocycles. The summed E-state index contributed by atoms with van der Waals surface area (Å²) in [7, 11) is 0. The van der Waals surface area contributed by atoms with E-state index in [1.54, 1.807) is 6.20 Å². The fourth-order valence-electron chi connectivity index (χ4n) is 3.10. The summed E-state index contributed by atoms with van der Waals surface area (Å²) in [6.45, 7) is 7.48. The average Bonchev–Trinajstić information content (AvgIpc) is 3.09. The predicted molar refractivity (Wildman–Crippen MR) is 92.0 cm³/mol. The lowest BCUT2D eigenvalue weighted by atomic mass is 9.94. The molecule has 2 aromatic heterocycles. The Morgan fingerprint density at radius 3 is 2.92 bits per heavy atom. The monoisotopic (exact) mass is 343 g/mol. The number of rotatable bonds is 5. The van der Waals surface area contributed by atoms with Crippen molar-refractivity contribution in [2.75, 3.05) is 13.1 Å². The first-order valence-corrected chi connectivity index (χ1v) is 8.91. The van der Waals surface area contributed by atoms with Gasteiger partial charge < -0.3 is 9.42 Å². The Bertz CT molecular complexity index is 728. The van der Waals surface area contributed by atoms with E-state index in [2.05, 4.69) is 20.1 Å². The number of amides is 1. The van der Waals surface area contributed by atoms with Gasteiger partial charge in [-0.15, -0.1) is 0 Å². The number of piperidine rings is 1. The van der Waals surface area contributed by atoms with E-state index < -0.39 is 0 Å². The quantitative estimate of drug-likeness (QED) is 0.829. The van der Waals surface area contributed by atoms with Crippen LogP contribution >= 0.6 is 0 Å². The molecule has 1 aliphatic rings. The maximum atomic E-state index is 12.6. The molecule has 0 aromatic carbocycles. The second kappa shape index (κ2) is 7.72. The van der Waals surface area contributed by atoms with Gasteiger partial charge in [0.2, 0.25) is 11.8 Å². The Labute approximate surface area is 147 Å².